The van der Waals surface area contributed by atoms with E-state index in [1.54, 1.807) is 30.3 Å². The Kier molecular flexibility index (Phi) is 5.65. The van der Waals surface area contributed by atoms with E-state index in [1.165, 1.54) is 6.08 Å². The molecule has 5 nitrogen and oxygen atoms in total. The number of hydrogen-bond acceptors (Lipinski definition) is 4. The lowest BCUT2D eigenvalue weighted by molar-refractivity contribution is -0.384. The normalized spacial score (nSPS) is 11.6. The first-order valence-corrected chi connectivity index (χ1v) is 10.5. The molecule has 0 fully saturated rings. The van der Waals surface area contributed by atoms with Crippen LogP contribution in [0.2, 0.25) is 0 Å². The second-order valence-electron chi connectivity index (χ2n) is 6.54. The fourth-order valence-corrected chi connectivity index (χ4v) is 3.89. The molecule has 1 aromatic heterocycles. The highest BCUT2D eigenvalue weighted by atomic mass is 79.9. The SMILES string of the molecule is O=[N+]([O-])c1c(/C=C(\O)c2ccc(Br)cc2)nc2ccc(Br)cc2c1-c1ccccc1. The second kappa shape index (κ2) is 8.38. The lowest BCUT2D eigenvalue weighted by Gasteiger charge is -2.11. The summed E-state index contributed by atoms with van der Waals surface area (Å²) in [6.07, 6.45) is 1.34. The highest BCUT2D eigenvalue weighted by Gasteiger charge is 2.25. The molecule has 0 atom stereocenters. The summed E-state index contributed by atoms with van der Waals surface area (Å²) in [4.78, 5) is 16.2. The van der Waals surface area contributed by atoms with Gasteiger partial charge in [-0.3, -0.25) is 10.1 Å². The number of nitro groups is 1. The number of pyridine rings is 1. The van der Waals surface area contributed by atoms with Crippen molar-refractivity contribution in [2.75, 3.05) is 0 Å². The molecule has 30 heavy (non-hydrogen) atoms. The van der Waals surface area contributed by atoms with Gasteiger partial charge in [0.1, 0.15) is 11.5 Å². The number of aliphatic hydroxyl groups excluding tert-OH is 1. The molecule has 3 aromatic carbocycles. The monoisotopic (exact) mass is 524 g/mol. The number of nitrogens with zero attached hydrogens (tertiary/aromatic N) is 2. The maximum absolute atomic E-state index is 12.1. The van der Waals surface area contributed by atoms with E-state index in [9.17, 15) is 15.2 Å². The van der Waals surface area contributed by atoms with Crippen LogP contribution in [0.15, 0.2) is 81.7 Å². The minimum atomic E-state index is -0.448. The van der Waals surface area contributed by atoms with Crippen LogP contribution >= 0.6 is 31.9 Å². The molecular formula is C23H14Br2N2O3. The van der Waals surface area contributed by atoms with Crippen molar-refractivity contribution in [3.8, 4) is 11.1 Å². The highest BCUT2D eigenvalue weighted by Crippen LogP contribution is 2.40. The molecule has 4 rings (SSSR count). The first-order valence-electron chi connectivity index (χ1n) is 8.93. The van der Waals surface area contributed by atoms with Crippen LogP contribution in [0, 0.1) is 10.1 Å². The lowest BCUT2D eigenvalue weighted by atomic mass is 9.97. The van der Waals surface area contributed by atoms with E-state index in [2.05, 4.69) is 36.8 Å². The maximum atomic E-state index is 12.1. The third-order valence-corrected chi connectivity index (χ3v) is 5.63. The quantitative estimate of drug-likeness (QED) is 0.171. The number of halogens is 2. The zero-order valence-corrected chi connectivity index (χ0v) is 18.6. The summed E-state index contributed by atoms with van der Waals surface area (Å²) in [6, 6.07) is 21.6. The summed E-state index contributed by atoms with van der Waals surface area (Å²) >= 11 is 6.80. The topological polar surface area (TPSA) is 76.3 Å². The first kappa shape index (κ1) is 20.3. The fourth-order valence-electron chi connectivity index (χ4n) is 3.26. The molecule has 1 N–H and O–H groups in total. The van der Waals surface area contributed by atoms with E-state index in [4.69, 9.17) is 0 Å². The van der Waals surface area contributed by atoms with E-state index in [1.807, 2.05) is 42.5 Å². The van der Waals surface area contributed by atoms with Gasteiger partial charge in [0.15, 0.2) is 0 Å². The van der Waals surface area contributed by atoms with Gasteiger partial charge in [-0.25, -0.2) is 4.98 Å². The van der Waals surface area contributed by atoms with Crippen LogP contribution in [-0.2, 0) is 0 Å². The summed E-state index contributed by atoms with van der Waals surface area (Å²) in [5, 5.41) is 23.4. The number of benzene rings is 3. The van der Waals surface area contributed by atoms with E-state index < -0.39 is 4.92 Å². The summed E-state index contributed by atoms with van der Waals surface area (Å²) in [5.41, 5.74) is 2.22. The molecule has 7 heteroatoms. The number of aliphatic hydroxyl groups is 1. The smallest absolute Gasteiger partial charge is 0.303 e. The Bertz CT molecular complexity index is 1290. The van der Waals surface area contributed by atoms with Gasteiger partial charge in [-0.15, -0.1) is 0 Å². The van der Waals surface area contributed by atoms with Crippen LogP contribution in [0.3, 0.4) is 0 Å². The third-order valence-electron chi connectivity index (χ3n) is 4.61. The zero-order chi connectivity index (χ0) is 21.3. The molecule has 148 valence electrons. The molecule has 0 aliphatic carbocycles. The largest absolute Gasteiger partial charge is 0.507 e. The number of hydrogen-bond donors (Lipinski definition) is 1. The van der Waals surface area contributed by atoms with Gasteiger partial charge in [-0.2, -0.15) is 0 Å². The highest BCUT2D eigenvalue weighted by molar-refractivity contribution is 9.10. The summed E-state index contributed by atoms with van der Waals surface area (Å²) in [7, 11) is 0. The van der Waals surface area contributed by atoms with E-state index in [0.29, 0.717) is 27.6 Å². The zero-order valence-electron chi connectivity index (χ0n) is 15.4. The van der Waals surface area contributed by atoms with Gasteiger partial charge in [-0.1, -0.05) is 74.3 Å². The van der Waals surface area contributed by atoms with Crippen LogP contribution in [0.25, 0.3) is 33.9 Å². The summed E-state index contributed by atoms with van der Waals surface area (Å²) in [6.45, 7) is 0. The van der Waals surface area contributed by atoms with Gasteiger partial charge in [0.25, 0.3) is 0 Å². The predicted molar refractivity (Wildman–Crippen MR) is 126 cm³/mol. The fraction of sp³-hybridized carbons (Fsp3) is 0. The van der Waals surface area contributed by atoms with Gasteiger partial charge in [0.05, 0.1) is 16.0 Å². The molecule has 0 unspecified atom stereocenters. The molecular weight excluding hydrogens is 512 g/mol. The molecule has 0 bridgehead atoms. The Balaban J connectivity index is 2.04. The number of rotatable bonds is 4. The third kappa shape index (κ3) is 3.99. The molecule has 0 spiro atoms. The molecule has 0 saturated carbocycles. The standard InChI is InChI=1S/C23H14Br2N2O3/c24-16-8-6-14(7-9-16)21(28)13-20-23(27(29)30)22(15-4-2-1-3-5-15)18-12-17(25)10-11-19(18)26-20/h1-13,28H/b21-13-. The van der Waals surface area contributed by atoms with Gasteiger partial charge in [0, 0.05) is 26.0 Å². The van der Waals surface area contributed by atoms with Gasteiger partial charge in [0.2, 0.25) is 0 Å². The molecule has 0 amide bonds. The van der Waals surface area contributed by atoms with Crippen molar-refractivity contribution < 1.29 is 10.0 Å². The van der Waals surface area contributed by atoms with Crippen LogP contribution in [0.4, 0.5) is 5.69 Å². The van der Waals surface area contributed by atoms with Crippen molar-refractivity contribution in [3.05, 3.63) is 103 Å². The summed E-state index contributed by atoms with van der Waals surface area (Å²) in [5.74, 6) is -0.103. The van der Waals surface area contributed by atoms with Crippen molar-refractivity contribution >= 4 is 60.3 Å². The Labute approximate surface area is 189 Å². The van der Waals surface area contributed by atoms with Crippen LogP contribution in [0.1, 0.15) is 11.3 Å². The second-order valence-corrected chi connectivity index (χ2v) is 8.37. The molecule has 0 aliphatic heterocycles. The predicted octanol–water partition coefficient (Wildman–Crippen LogP) is 7.39. The molecule has 0 aliphatic rings. The average Bonchev–Trinajstić information content (AvgIpc) is 2.74. The molecule has 1 heterocycles. The molecule has 4 aromatic rings. The minimum absolute atomic E-state index is 0.0918. The van der Waals surface area contributed by atoms with Crippen molar-refractivity contribution in [1.82, 2.24) is 4.98 Å². The van der Waals surface area contributed by atoms with Crippen molar-refractivity contribution in [3.63, 3.8) is 0 Å². The summed E-state index contributed by atoms with van der Waals surface area (Å²) < 4.78 is 1.66. The van der Waals surface area contributed by atoms with E-state index in [-0.39, 0.29) is 17.1 Å². The van der Waals surface area contributed by atoms with Crippen molar-refractivity contribution in [1.29, 1.82) is 0 Å². The van der Waals surface area contributed by atoms with Crippen LogP contribution in [-0.4, -0.2) is 15.0 Å². The molecule has 0 radical (unpaired) electrons. The Morgan fingerprint density at radius 1 is 0.967 bits per heavy atom. The van der Waals surface area contributed by atoms with Crippen LogP contribution < -0.4 is 0 Å². The Morgan fingerprint density at radius 3 is 2.30 bits per heavy atom. The lowest BCUT2D eigenvalue weighted by Crippen LogP contribution is -2.00. The van der Waals surface area contributed by atoms with Crippen molar-refractivity contribution in [2.45, 2.75) is 0 Å². The average molecular weight is 526 g/mol. The maximum Gasteiger partial charge on any atom is 0.303 e. The van der Waals surface area contributed by atoms with Gasteiger partial charge in [-0.05, 0) is 35.9 Å². The van der Waals surface area contributed by atoms with E-state index >= 15 is 0 Å². The van der Waals surface area contributed by atoms with Gasteiger partial charge >= 0.3 is 5.69 Å². The minimum Gasteiger partial charge on any atom is -0.507 e. The first-order chi connectivity index (χ1) is 14.4. The molecule has 0 saturated heterocycles. The van der Waals surface area contributed by atoms with Crippen LogP contribution in [0.5, 0.6) is 0 Å². The van der Waals surface area contributed by atoms with Gasteiger partial charge < -0.3 is 5.11 Å². The number of aromatic nitrogens is 1. The number of fused-ring (bicyclic) bond motifs is 1. The Hall–Kier alpha value is -3.03. The Morgan fingerprint density at radius 2 is 1.63 bits per heavy atom. The van der Waals surface area contributed by atoms with E-state index in [0.717, 1.165) is 8.95 Å². The van der Waals surface area contributed by atoms with Crippen molar-refractivity contribution in [2.24, 2.45) is 0 Å².